The van der Waals surface area contributed by atoms with Crippen molar-refractivity contribution in [3.05, 3.63) is 83.9 Å². The van der Waals surface area contributed by atoms with Crippen molar-refractivity contribution in [3.63, 3.8) is 0 Å². The summed E-state index contributed by atoms with van der Waals surface area (Å²) in [6.45, 7) is 0.860. The van der Waals surface area contributed by atoms with Gasteiger partial charge in [-0.25, -0.2) is 4.79 Å². The number of fused-ring (bicyclic) bond motifs is 1. The maximum absolute atomic E-state index is 11.5. The normalized spacial score (nSPS) is 26.8. The van der Waals surface area contributed by atoms with Crippen molar-refractivity contribution in [1.82, 2.24) is 0 Å². The molecule has 0 bridgehead atoms. The molecule has 26 heavy (non-hydrogen) atoms. The zero-order valence-corrected chi connectivity index (χ0v) is 14.2. The molecule has 1 aliphatic carbocycles. The van der Waals surface area contributed by atoms with Crippen LogP contribution in [0.3, 0.4) is 0 Å². The van der Waals surface area contributed by atoms with Crippen molar-refractivity contribution in [3.8, 4) is 0 Å². The zero-order valence-electron chi connectivity index (χ0n) is 14.2. The molecule has 2 aromatic carbocycles. The van der Waals surface area contributed by atoms with E-state index in [4.69, 9.17) is 18.9 Å². The van der Waals surface area contributed by atoms with E-state index < -0.39 is 24.5 Å². The highest BCUT2D eigenvalue weighted by Gasteiger charge is 2.47. The third-order valence-corrected chi connectivity index (χ3v) is 4.50. The first-order chi connectivity index (χ1) is 12.8. The number of benzene rings is 2. The first-order valence-electron chi connectivity index (χ1n) is 8.66. The quantitative estimate of drug-likeness (QED) is 0.587. The van der Waals surface area contributed by atoms with E-state index in [2.05, 4.69) is 0 Å². The zero-order chi connectivity index (χ0) is 17.8. The third kappa shape index (κ3) is 3.79. The lowest BCUT2D eigenvalue weighted by Crippen LogP contribution is -2.47. The SMILES string of the molecule is O=C1O[C@@H]2[C@@H](OCc3ccccc3)[C@H](OCc3ccccc3)C=C[C@@H]2O1. The molecule has 0 N–H and O–H groups in total. The lowest BCUT2D eigenvalue weighted by atomic mass is 9.96. The largest absolute Gasteiger partial charge is 0.509 e. The molecular weight excluding hydrogens is 332 g/mol. The summed E-state index contributed by atoms with van der Waals surface area (Å²) in [5, 5.41) is 0. The van der Waals surface area contributed by atoms with Crippen LogP contribution in [0.2, 0.25) is 0 Å². The summed E-state index contributed by atoms with van der Waals surface area (Å²) in [6.07, 6.45) is 1.35. The summed E-state index contributed by atoms with van der Waals surface area (Å²) in [7, 11) is 0. The molecule has 0 amide bonds. The maximum atomic E-state index is 11.5. The Bertz CT molecular complexity index is 758. The minimum Gasteiger partial charge on any atom is -0.424 e. The van der Waals surface area contributed by atoms with E-state index >= 15 is 0 Å². The van der Waals surface area contributed by atoms with Crippen LogP contribution in [0.5, 0.6) is 0 Å². The summed E-state index contributed by atoms with van der Waals surface area (Å²) < 4.78 is 22.7. The molecule has 1 saturated heterocycles. The van der Waals surface area contributed by atoms with Crippen LogP contribution in [0.1, 0.15) is 11.1 Å². The van der Waals surface area contributed by atoms with Gasteiger partial charge in [0.2, 0.25) is 0 Å². The van der Waals surface area contributed by atoms with Crippen LogP contribution >= 0.6 is 0 Å². The van der Waals surface area contributed by atoms with E-state index in [-0.39, 0.29) is 6.10 Å². The van der Waals surface area contributed by atoms with Gasteiger partial charge in [-0.15, -0.1) is 0 Å². The molecule has 4 atom stereocenters. The van der Waals surface area contributed by atoms with Gasteiger partial charge >= 0.3 is 6.16 Å². The standard InChI is InChI=1S/C21H20O5/c22-21-25-18-12-11-17(23-13-15-7-3-1-4-8-15)19(20(18)26-21)24-14-16-9-5-2-6-10-16/h1-12,17-20H,13-14H2/t17-,18+,19+,20+/m1/s1. The van der Waals surface area contributed by atoms with E-state index in [0.717, 1.165) is 11.1 Å². The lowest BCUT2D eigenvalue weighted by molar-refractivity contribution is -0.118. The number of hydrogen-bond acceptors (Lipinski definition) is 5. The molecule has 1 aliphatic heterocycles. The minimum atomic E-state index is -0.665. The fourth-order valence-corrected chi connectivity index (χ4v) is 3.18. The Morgan fingerprint density at radius 3 is 2.04 bits per heavy atom. The topological polar surface area (TPSA) is 54.0 Å². The van der Waals surface area contributed by atoms with Crippen LogP contribution in [0.25, 0.3) is 0 Å². The average Bonchev–Trinajstić information content (AvgIpc) is 3.07. The lowest BCUT2D eigenvalue weighted by Gasteiger charge is -2.33. The molecule has 0 spiro atoms. The van der Waals surface area contributed by atoms with Gasteiger partial charge in [-0.05, 0) is 17.2 Å². The van der Waals surface area contributed by atoms with Crippen molar-refractivity contribution >= 4 is 6.16 Å². The highest BCUT2D eigenvalue weighted by Crippen LogP contribution is 2.30. The molecule has 0 unspecified atom stereocenters. The van der Waals surface area contributed by atoms with Crippen molar-refractivity contribution in [1.29, 1.82) is 0 Å². The van der Waals surface area contributed by atoms with E-state index in [0.29, 0.717) is 13.2 Å². The molecule has 0 radical (unpaired) electrons. The van der Waals surface area contributed by atoms with Crippen LogP contribution in [0.15, 0.2) is 72.8 Å². The van der Waals surface area contributed by atoms with Gasteiger partial charge in [0.05, 0.1) is 13.2 Å². The average molecular weight is 352 g/mol. The van der Waals surface area contributed by atoms with Gasteiger partial charge in [0.25, 0.3) is 0 Å². The Morgan fingerprint density at radius 2 is 1.38 bits per heavy atom. The Morgan fingerprint density at radius 1 is 0.769 bits per heavy atom. The van der Waals surface area contributed by atoms with Crippen molar-refractivity contribution in [2.24, 2.45) is 0 Å². The monoisotopic (exact) mass is 352 g/mol. The molecular formula is C21H20O5. The van der Waals surface area contributed by atoms with E-state index in [1.807, 2.05) is 72.8 Å². The number of ether oxygens (including phenoxy) is 4. The van der Waals surface area contributed by atoms with Gasteiger partial charge in [-0.1, -0.05) is 66.7 Å². The highest BCUT2D eigenvalue weighted by atomic mass is 16.8. The molecule has 2 aliphatic rings. The first-order valence-corrected chi connectivity index (χ1v) is 8.66. The number of hydrogen-bond donors (Lipinski definition) is 0. The van der Waals surface area contributed by atoms with Crippen LogP contribution in [0, 0.1) is 0 Å². The number of carbonyl (C=O) groups is 1. The van der Waals surface area contributed by atoms with E-state index in [1.54, 1.807) is 0 Å². The van der Waals surface area contributed by atoms with Crippen LogP contribution in [-0.4, -0.2) is 30.6 Å². The van der Waals surface area contributed by atoms with Crippen LogP contribution in [0.4, 0.5) is 4.79 Å². The van der Waals surface area contributed by atoms with Crippen molar-refractivity contribution in [2.45, 2.75) is 37.6 Å². The Hall–Kier alpha value is -2.63. The smallest absolute Gasteiger partial charge is 0.424 e. The molecule has 5 nitrogen and oxygen atoms in total. The number of rotatable bonds is 6. The molecule has 5 heteroatoms. The third-order valence-electron chi connectivity index (χ3n) is 4.50. The predicted molar refractivity (Wildman–Crippen MR) is 94.3 cm³/mol. The van der Waals surface area contributed by atoms with Gasteiger partial charge < -0.3 is 18.9 Å². The van der Waals surface area contributed by atoms with E-state index in [9.17, 15) is 4.79 Å². The summed E-state index contributed by atoms with van der Waals surface area (Å²) in [5.74, 6) is 0. The molecule has 1 heterocycles. The predicted octanol–water partition coefficient (Wildman–Crippen LogP) is 3.63. The van der Waals surface area contributed by atoms with Crippen molar-refractivity contribution in [2.75, 3.05) is 0 Å². The van der Waals surface area contributed by atoms with E-state index in [1.165, 1.54) is 0 Å². The fourth-order valence-electron chi connectivity index (χ4n) is 3.18. The fraction of sp³-hybridized carbons (Fsp3) is 0.286. The van der Waals surface area contributed by atoms with Gasteiger partial charge in [-0.2, -0.15) is 0 Å². The minimum absolute atomic E-state index is 0.324. The highest BCUT2D eigenvalue weighted by molar-refractivity contribution is 5.63. The molecule has 4 rings (SSSR count). The van der Waals surface area contributed by atoms with Gasteiger partial charge in [0, 0.05) is 0 Å². The first kappa shape index (κ1) is 16.8. The maximum Gasteiger partial charge on any atom is 0.509 e. The second kappa shape index (κ2) is 7.72. The van der Waals surface area contributed by atoms with Crippen LogP contribution in [-0.2, 0) is 32.2 Å². The van der Waals surface area contributed by atoms with Gasteiger partial charge in [0.1, 0.15) is 12.2 Å². The Labute approximate surface area is 152 Å². The summed E-state index contributed by atoms with van der Waals surface area (Å²) in [4.78, 5) is 11.5. The van der Waals surface area contributed by atoms with Gasteiger partial charge in [-0.3, -0.25) is 0 Å². The summed E-state index contributed by atoms with van der Waals surface area (Å²) >= 11 is 0. The Balaban J connectivity index is 1.47. The summed E-state index contributed by atoms with van der Waals surface area (Å²) in [5.41, 5.74) is 2.12. The summed E-state index contributed by atoms with van der Waals surface area (Å²) in [6, 6.07) is 19.8. The van der Waals surface area contributed by atoms with Gasteiger partial charge in [0.15, 0.2) is 12.2 Å². The molecule has 2 aromatic rings. The Kier molecular flexibility index (Phi) is 5.00. The number of carbonyl (C=O) groups excluding carboxylic acids is 1. The molecule has 1 fully saturated rings. The second-order valence-electron chi connectivity index (χ2n) is 6.32. The van der Waals surface area contributed by atoms with Crippen molar-refractivity contribution < 1.29 is 23.7 Å². The molecule has 0 aromatic heterocycles. The molecule has 134 valence electrons. The molecule has 0 saturated carbocycles. The van der Waals surface area contributed by atoms with Crippen LogP contribution < -0.4 is 0 Å². The second-order valence-corrected chi connectivity index (χ2v) is 6.32.